The van der Waals surface area contributed by atoms with Crippen LogP contribution in [0, 0.1) is 0 Å². The van der Waals surface area contributed by atoms with E-state index in [1.807, 2.05) is 24.3 Å². The molecule has 1 heterocycles. The number of primary sulfonamides is 1. The number of nitrogens with zero attached hydrogens (tertiary/aromatic N) is 1. The first-order chi connectivity index (χ1) is 11.3. The summed E-state index contributed by atoms with van der Waals surface area (Å²) in [5.74, 6) is 1.06. The Hall–Kier alpha value is -1.90. The molecule has 24 heavy (non-hydrogen) atoms. The highest BCUT2D eigenvalue weighted by Crippen LogP contribution is 2.28. The second-order valence-corrected chi connectivity index (χ2v) is 8.23. The Morgan fingerprint density at radius 1 is 1.04 bits per heavy atom. The van der Waals surface area contributed by atoms with Gasteiger partial charge in [-0.1, -0.05) is 15.9 Å². The number of anilines is 1. The Balaban J connectivity index is 1.73. The molecule has 1 aliphatic rings. The maximum atomic E-state index is 12.0. The Bertz CT molecular complexity index is 851. The van der Waals surface area contributed by atoms with Crippen LogP contribution in [0.1, 0.15) is 6.42 Å². The van der Waals surface area contributed by atoms with E-state index in [2.05, 4.69) is 15.9 Å². The molecule has 2 N–H and O–H groups in total. The average molecular weight is 411 g/mol. The Kier molecular flexibility index (Phi) is 4.62. The number of benzene rings is 2. The fourth-order valence-corrected chi connectivity index (χ4v) is 3.47. The second-order valence-electron chi connectivity index (χ2n) is 5.47. The van der Waals surface area contributed by atoms with Gasteiger partial charge >= 0.3 is 0 Å². The molecule has 1 saturated heterocycles. The zero-order valence-electron chi connectivity index (χ0n) is 12.6. The number of nitrogens with two attached hydrogens (primary N) is 1. The van der Waals surface area contributed by atoms with Crippen molar-refractivity contribution in [1.29, 1.82) is 0 Å². The van der Waals surface area contributed by atoms with E-state index in [0.717, 1.165) is 4.47 Å². The van der Waals surface area contributed by atoms with Crippen LogP contribution in [0.25, 0.3) is 0 Å². The molecule has 0 radical (unpaired) electrons. The van der Waals surface area contributed by atoms with Crippen LogP contribution in [-0.4, -0.2) is 26.1 Å². The maximum Gasteiger partial charge on any atom is 0.228 e. The Morgan fingerprint density at radius 3 is 2.08 bits per heavy atom. The smallest absolute Gasteiger partial charge is 0.228 e. The monoisotopic (exact) mass is 410 g/mol. The molecular weight excluding hydrogens is 396 g/mol. The van der Waals surface area contributed by atoms with Crippen LogP contribution >= 0.6 is 15.9 Å². The molecule has 2 aromatic rings. The number of amides is 1. The van der Waals surface area contributed by atoms with Gasteiger partial charge in [0.1, 0.15) is 16.7 Å². The van der Waals surface area contributed by atoms with Gasteiger partial charge in [-0.2, -0.15) is 0 Å². The minimum absolute atomic E-state index is 0.0740. The molecule has 0 aromatic heterocycles. The van der Waals surface area contributed by atoms with Crippen molar-refractivity contribution in [3.05, 3.63) is 53.0 Å². The lowest BCUT2D eigenvalue weighted by atomic mass is 10.2. The van der Waals surface area contributed by atoms with Crippen LogP contribution in [0.4, 0.5) is 5.69 Å². The molecule has 8 heteroatoms. The van der Waals surface area contributed by atoms with Crippen molar-refractivity contribution in [2.75, 3.05) is 11.4 Å². The van der Waals surface area contributed by atoms with Gasteiger partial charge in [-0.15, -0.1) is 0 Å². The van der Waals surface area contributed by atoms with E-state index in [9.17, 15) is 13.2 Å². The fourth-order valence-electron chi connectivity index (χ4n) is 2.48. The quantitative estimate of drug-likeness (QED) is 0.838. The first kappa shape index (κ1) is 16.9. The van der Waals surface area contributed by atoms with E-state index >= 15 is 0 Å². The highest BCUT2D eigenvalue weighted by atomic mass is 79.9. The predicted octanol–water partition coefficient (Wildman–Crippen LogP) is 2.64. The summed E-state index contributed by atoms with van der Waals surface area (Å²) in [6.07, 6.45) is -0.0873. The Morgan fingerprint density at radius 2 is 1.58 bits per heavy atom. The summed E-state index contributed by atoms with van der Waals surface area (Å²) in [6, 6.07) is 14.3. The third-order valence-electron chi connectivity index (χ3n) is 3.75. The second kappa shape index (κ2) is 6.54. The van der Waals surface area contributed by atoms with Gasteiger partial charge in [-0.25, -0.2) is 13.6 Å². The molecule has 0 aliphatic carbocycles. The molecule has 1 atom stereocenters. The minimum Gasteiger partial charge on any atom is -0.457 e. The molecule has 1 fully saturated rings. The van der Waals surface area contributed by atoms with Crippen molar-refractivity contribution in [3.63, 3.8) is 0 Å². The van der Waals surface area contributed by atoms with Crippen LogP contribution in [-0.2, 0) is 14.8 Å². The number of carbonyl (C=O) groups is 1. The third kappa shape index (κ3) is 3.77. The van der Waals surface area contributed by atoms with Crippen molar-refractivity contribution in [1.82, 2.24) is 0 Å². The summed E-state index contributed by atoms with van der Waals surface area (Å²) >= 11 is 3.36. The van der Waals surface area contributed by atoms with Crippen LogP contribution < -0.4 is 14.8 Å². The summed E-state index contributed by atoms with van der Waals surface area (Å²) in [6.45, 7) is 0.0740. The lowest BCUT2D eigenvalue weighted by Gasteiger charge is -2.17. The SMILES string of the molecule is NS(=O)(=O)C1CC(=O)N(c2ccc(Oc3ccc(Br)cc3)cc2)C1. The van der Waals surface area contributed by atoms with Gasteiger partial charge in [0.25, 0.3) is 0 Å². The lowest BCUT2D eigenvalue weighted by Crippen LogP contribution is -2.32. The van der Waals surface area contributed by atoms with E-state index in [4.69, 9.17) is 9.88 Å². The highest BCUT2D eigenvalue weighted by molar-refractivity contribution is 9.10. The highest BCUT2D eigenvalue weighted by Gasteiger charge is 2.37. The summed E-state index contributed by atoms with van der Waals surface area (Å²) in [4.78, 5) is 13.4. The van der Waals surface area contributed by atoms with Gasteiger partial charge in [-0.05, 0) is 48.5 Å². The topological polar surface area (TPSA) is 89.7 Å². The molecule has 126 valence electrons. The number of rotatable bonds is 4. The molecule has 0 saturated carbocycles. The number of halogens is 1. The summed E-state index contributed by atoms with van der Waals surface area (Å²) < 4.78 is 29.5. The van der Waals surface area contributed by atoms with Crippen LogP contribution in [0.2, 0.25) is 0 Å². The van der Waals surface area contributed by atoms with Gasteiger partial charge < -0.3 is 9.64 Å². The van der Waals surface area contributed by atoms with E-state index in [0.29, 0.717) is 17.2 Å². The van der Waals surface area contributed by atoms with Gasteiger partial charge in [0.15, 0.2) is 0 Å². The van der Waals surface area contributed by atoms with Crippen LogP contribution in [0.15, 0.2) is 53.0 Å². The molecule has 0 bridgehead atoms. The fraction of sp³-hybridized carbons (Fsp3) is 0.188. The van der Waals surface area contributed by atoms with Crippen LogP contribution in [0.3, 0.4) is 0 Å². The zero-order chi connectivity index (χ0) is 17.3. The van der Waals surface area contributed by atoms with Crippen molar-refractivity contribution in [3.8, 4) is 11.5 Å². The van der Waals surface area contributed by atoms with Gasteiger partial charge in [-0.3, -0.25) is 4.79 Å². The van der Waals surface area contributed by atoms with E-state index < -0.39 is 15.3 Å². The molecule has 3 rings (SSSR count). The van der Waals surface area contributed by atoms with E-state index in [1.54, 1.807) is 24.3 Å². The van der Waals surface area contributed by atoms with Crippen molar-refractivity contribution < 1.29 is 17.9 Å². The molecular formula is C16H15BrN2O4S. The number of carbonyl (C=O) groups excluding carboxylic acids is 1. The van der Waals surface area contributed by atoms with Gasteiger partial charge in [0.2, 0.25) is 15.9 Å². The van der Waals surface area contributed by atoms with Crippen LogP contribution in [0.5, 0.6) is 11.5 Å². The molecule has 1 unspecified atom stereocenters. The van der Waals surface area contributed by atoms with Gasteiger partial charge in [0.05, 0.1) is 0 Å². The number of sulfonamides is 1. The molecule has 1 aliphatic heterocycles. The third-order valence-corrected chi connectivity index (χ3v) is 5.53. The Labute approximate surface area is 148 Å². The zero-order valence-corrected chi connectivity index (χ0v) is 15.0. The van der Waals surface area contributed by atoms with Gasteiger partial charge in [0, 0.05) is 23.1 Å². The van der Waals surface area contributed by atoms with Crippen molar-refractivity contribution in [2.45, 2.75) is 11.7 Å². The maximum absolute atomic E-state index is 12.0. The van der Waals surface area contributed by atoms with E-state index in [-0.39, 0.29) is 18.9 Å². The van der Waals surface area contributed by atoms with Crippen molar-refractivity contribution in [2.24, 2.45) is 5.14 Å². The normalized spacial score (nSPS) is 18.0. The first-order valence-electron chi connectivity index (χ1n) is 7.18. The molecule has 6 nitrogen and oxygen atoms in total. The van der Waals surface area contributed by atoms with Crippen molar-refractivity contribution >= 4 is 37.5 Å². The number of ether oxygens (including phenoxy) is 1. The largest absolute Gasteiger partial charge is 0.457 e. The minimum atomic E-state index is -3.72. The molecule has 0 spiro atoms. The lowest BCUT2D eigenvalue weighted by molar-refractivity contribution is -0.117. The standard InChI is InChI=1S/C16H15BrN2O4S/c17-11-1-5-13(6-2-11)23-14-7-3-12(4-8-14)19-10-15(9-16(19)20)24(18,21)22/h1-8,15H,9-10H2,(H2,18,21,22). The van der Waals surface area contributed by atoms with E-state index in [1.165, 1.54) is 4.90 Å². The number of hydrogen-bond donors (Lipinski definition) is 1. The summed E-state index contributed by atoms with van der Waals surface area (Å²) in [5.41, 5.74) is 0.620. The molecule has 1 amide bonds. The molecule has 2 aromatic carbocycles. The predicted molar refractivity (Wildman–Crippen MR) is 94.5 cm³/mol. The average Bonchev–Trinajstić information content (AvgIpc) is 2.93. The summed E-state index contributed by atoms with van der Waals surface area (Å²) in [7, 11) is -3.72. The summed E-state index contributed by atoms with van der Waals surface area (Å²) in [5, 5.41) is 4.28. The number of hydrogen-bond acceptors (Lipinski definition) is 4. The first-order valence-corrected chi connectivity index (χ1v) is 9.58.